The van der Waals surface area contributed by atoms with Crippen LogP contribution in [0.25, 0.3) is 10.8 Å². The lowest BCUT2D eigenvalue weighted by Crippen LogP contribution is -2.41. The van der Waals surface area contributed by atoms with Crippen molar-refractivity contribution in [1.29, 1.82) is 0 Å². The van der Waals surface area contributed by atoms with E-state index >= 15 is 0 Å². The number of hydrogen-bond acceptors (Lipinski definition) is 2. The molecule has 2 fully saturated rings. The maximum absolute atomic E-state index is 6.57. The van der Waals surface area contributed by atoms with E-state index < -0.39 is 0 Å². The molecule has 0 amide bonds. The summed E-state index contributed by atoms with van der Waals surface area (Å²) in [4.78, 5) is 2.70. The van der Waals surface area contributed by atoms with E-state index in [4.69, 9.17) is 5.73 Å². The Hall–Kier alpha value is -1.38. The van der Waals surface area contributed by atoms with Crippen LogP contribution >= 0.6 is 0 Å². The van der Waals surface area contributed by atoms with Crippen LogP contribution in [0.3, 0.4) is 0 Å². The molecule has 0 aromatic heterocycles. The Morgan fingerprint density at radius 1 is 0.905 bits per heavy atom. The van der Waals surface area contributed by atoms with Crippen LogP contribution < -0.4 is 5.73 Å². The normalized spacial score (nSPS) is 27.7. The van der Waals surface area contributed by atoms with Crippen LogP contribution in [0, 0.1) is 0 Å². The number of hydrogen-bond donors (Lipinski definition) is 1. The highest BCUT2D eigenvalue weighted by molar-refractivity contribution is 5.83. The molecular weight excluding hydrogens is 256 g/mol. The second-order valence-electron chi connectivity index (χ2n) is 6.68. The van der Waals surface area contributed by atoms with E-state index in [0.29, 0.717) is 6.04 Å². The van der Waals surface area contributed by atoms with Crippen molar-refractivity contribution in [2.24, 2.45) is 5.73 Å². The SMILES string of the molecule is NC1CCCCN(C2CC2)C1c1ccc2ccccc2c1. The molecule has 1 aliphatic carbocycles. The third kappa shape index (κ3) is 2.58. The first kappa shape index (κ1) is 13.3. The lowest BCUT2D eigenvalue weighted by Gasteiger charge is -2.34. The predicted molar refractivity (Wildman–Crippen MR) is 88.2 cm³/mol. The minimum Gasteiger partial charge on any atom is -0.326 e. The minimum absolute atomic E-state index is 0.272. The fourth-order valence-corrected chi connectivity index (χ4v) is 3.86. The molecule has 1 saturated heterocycles. The molecule has 2 N–H and O–H groups in total. The van der Waals surface area contributed by atoms with Crippen LogP contribution in [0.15, 0.2) is 42.5 Å². The summed E-state index contributed by atoms with van der Waals surface area (Å²) in [6, 6.07) is 17.0. The summed E-state index contributed by atoms with van der Waals surface area (Å²) in [6.07, 6.45) is 6.44. The molecule has 2 aromatic carbocycles. The second-order valence-corrected chi connectivity index (χ2v) is 6.68. The molecular formula is C19H24N2. The molecule has 1 aliphatic heterocycles. The zero-order chi connectivity index (χ0) is 14.2. The third-order valence-corrected chi connectivity index (χ3v) is 5.10. The Labute approximate surface area is 126 Å². The van der Waals surface area contributed by atoms with Crippen LogP contribution in [0.4, 0.5) is 0 Å². The topological polar surface area (TPSA) is 29.3 Å². The highest BCUT2D eigenvalue weighted by Crippen LogP contribution is 2.39. The van der Waals surface area contributed by atoms with Crippen LogP contribution in [-0.2, 0) is 0 Å². The van der Waals surface area contributed by atoms with Gasteiger partial charge >= 0.3 is 0 Å². The van der Waals surface area contributed by atoms with E-state index in [0.717, 1.165) is 12.5 Å². The summed E-state index contributed by atoms with van der Waals surface area (Å²) >= 11 is 0. The number of nitrogens with zero attached hydrogens (tertiary/aromatic N) is 1. The van der Waals surface area contributed by atoms with Crippen LogP contribution in [0.1, 0.15) is 43.7 Å². The van der Waals surface area contributed by atoms with E-state index in [2.05, 4.69) is 47.4 Å². The van der Waals surface area contributed by atoms with Gasteiger partial charge in [-0.3, -0.25) is 4.90 Å². The lowest BCUT2D eigenvalue weighted by molar-refractivity contribution is 0.176. The number of fused-ring (bicyclic) bond motifs is 1. The van der Waals surface area contributed by atoms with Crippen molar-refractivity contribution >= 4 is 10.8 Å². The molecule has 2 unspecified atom stereocenters. The van der Waals surface area contributed by atoms with Crippen molar-refractivity contribution < 1.29 is 0 Å². The third-order valence-electron chi connectivity index (χ3n) is 5.10. The van der Waals surface area contributed by atoms with E-state index in [9.17, 15) is 0 Å². The summed E-state index contributed by atoms with van der Waals surface area (Å²) in [5.74, 6) is 0. The summed E-state index contributed by atoms with van der Waals surface area (Å²) in [6.45, 7) is 1.22. The number of benzene rings is 2. The van der Waals surface area contributed by atoms with Gasteiger partial charge in [0.05, 0.1) is 6.04 Å². The molecule has 21 heavy (non-hydrogen) atoms. The molecule has 110 valence electrons. The first-order chi connectivity index (χ1) is 10.3. The fourth-order valence-electron chi connectivity index (χ4n) is 3.86. The van der Waals surface area contributed by atoms with Crippen molar-refractivity contribution in [1.82, 2.24) is 4.90 Å². The van der Waals surface area contributed by atoms with Crippen molar-refractivity contribution in [3.05, 3.63) is 48.0 Å². The van der Waals surface area contributed by atoms with E-state index in [1.807, 2.05) is 0 Å². The van der Waals surface area contributed by atoms with Gasteiger partial charge in [0.25, 0.3) is 0 Å². The van der Waals surface area contributed by atoms with Crippen LogP contribution in [0.5, 0.6) is 0 Å². The Morgan fingerprint density at radius 2 is 1.71 bits per heavy atom. The molecule has 1 saturated carbocycles. The van der Waals surface area contributed by atoms with E-state index in [1.165, 1.54) is 48.6 Å². The molecule has 2 heteroatoms. The first-order valence-electron chi connectivity index (χ1n) is 8.33. The standard InChI is InChI=1S/C19H24N2/c20-18-7-3-4-12-21(17-10-11-17)19(18)16-9-8-14-5-1-2-6-15(14)13-16/h1-2,5-6,8-9,13,17-19H,3-4,7,10-12,20H2. The smallest absolute Gasteiger partial charge is 0.0502 e. The Bertz CT molecular complexity index is 632. The molecule has 4 rings (SSSR count). The van der Waals surface area contributed by atoms with Crippen molar-refractivity contribution in [2.45, 2.75) is 50.2 Å². The maximum Gasteiger partial charge on any atom is 0.0502 e. The zero-order valence-electron chi connectivity index (χ0n) is 12.5. The highest BCUT2D eigenvalue weighted by Gasteiger charge is 2.38. The van der Waals surface area contributed by atoms with Crippen molar-refractivity contribution in [3.63, 3.8) is 0 Å². The second kappa shape index (κ2) is 5.43. The average Bonchev–Trinajstić information content (AvgIpc) is 3.34. The van der Waals surface area contributed by atoms with Gasteiger partial charge in [0.15, 0.2) is 0 Å². The zero-order valence-corrected chi connectivity index (χ0v) is 12.5. The van der Waals surface area contributed by atoms with Gasteiger partial charge in [-0.05, 0) is 54.6 Å². The van der Waals surface area contributed by atoms with E-state index in [1.54, 1.807) is 0 Å². The van der Waals surface area contributed by atoms with Gasteiger partial charge in [0.1, 0.15) is 0 Å². The van der Waals surface area contributed by atoms with Gasteiger partial charge < -0.3 is 5.73 Å². The summed E-state index contributed by atoms with van der Waals surface area (Å²) in [5, 5.41) is 2.66. The van der Waals surface area contributed by atoms with Gasteiger partial charge in [0, 0.05) is 12.1 Å². The molecule has 2 aliphatic rings. The Morgan fingerprint density at radius 3 is 2.52 bits per heavy atom. The molecule has 1 heterocycles. The quantitative estimate of drug-likeness (QED) is 0.905. The van der Waals surface area contributed by atoms with Crippen LogP contribution in [0.2, 0.25) is 0 Å². The molecule has 2 atom stereocenters. The number of rotatable bonds is 2. The first-order valence-corrected chi connectivity index (χ1v) is 8.33. The number of nitrogens with two attached hydrogens (primary N) is 1. The maximum atomic E-state index is 6.57. The van der Waals surface area contributed by atoms with Crippen molar-refractivity contribution in [2.75, 3.05) is 6.54 Å². The highest BCUT2D eigenvalue weighted by atomic mass is 15.2. The van der Waals surface area contributed by atoms with Gasteiger partial charge in [-0.2, -0.15) is 0 Å². The average molecular weight is 280 g/mol. The minimum atomic E-state index is 0.272. The van der Waals surface area contributed by atoms with E-state index in [-0.39, 0.29) is 6.04 Å². The number of likely N-dealkylation sites (tertiary alicyclic amines) is 1. The summed E-state index contributed by atoms with van der Waals surface area (Å²) in [7, 11) is 0. The van der Waals surface area contributed by atoms with Gasteiger partial charge in [-0.25, -0.2) is 0 Å². The lowest BCUT2D eigenvalue weighted by atomic mass is 9.94. The van der Waals surface area contributed by atoms with Crippen molar-refractivity contribution in [3.8, 4) is 0 Å². The molecule has 0 bridgehead atoms. The molecule has 2 nitrogen and oxygen atoms in total. The Kier molecular flexibility index (Phi) is 3.44. The van der Waals surface area contributed by atoms with Gasteiger partial charge in [0.2, 0.25) is 0 Å². The molecule has 0 spiro atoms. The Balaban J connectivity index is 1.75. The summed E-state index contributed by atoms with van der Waals surface area (Å²) in [5.41, 5.74) is 7.98. The van der Waals surface area contributed by atoms with Gasteiger partial charge in [-0.1, -0.05) is 42.8 Å². The molecule has 0 radical (unpaired) electrons. The fraction of sp³-hybridized carbons (Fsp3) is 0.474. The van der Waals surface area contributed by atoms with Gasteiger partial charge in [-0.15, -0.1) is 0 Å². The van der Waals surface area contributed by atoms with Crippen LogP contribution in [-0.4, -0.2) is 23.5 Å². The predicted octanol–water partition coefficient (Wildman–Crippen LogP) is 3.86. The monoisotopic (exact) mass is 280 g/mol. The summed E-state index contributed by atoms with van der Waals surface area (Å²) < 4.78 is 0. The molecule has 2 aromatic rings. The largest absolute Gasteiger partial charge is 0.326 e.